The minimum Gasteiger partial charge on any atom is -0.399 e. The summed E-state index contributed by atoms with van der Waals surface area (Å²) < 4.78 is 0. The van der Waals surface area contributed by atoms with Crippen LogP contribution in [0.25, 0.3) is 0 Å². The van der Waals surface area contributed by atoms with Gasteiger partial charge in [0, 0.05) is 55.7 Å². The highest BCUT2D eigenvalue weighted by Crippen LogP contribution is 2.43. The van der Waals surface area contributed by atoms with Gasteiger partial charge in [0.15, 0.2) is 0 Å². The predicted molar refractivity (Wildman–Crippen MR) is 164 cm³/mol. The summed E-state index contributed by atoms with van der Waals surface area (Å²) in [7, 11) is 0. The molecule has 5 heterocycles. The Labute approximate surface area is 252 Å². The summed E-state index contributed by atoms with van der Waals surface area (Å²) in [6.07, 6.45) is 7.48. The lowest BCUT2D eigenvalue weighted by atomic mass is 9.71. The number of imide groups is 2. The molecule has 3 N–H and O–H groups in total. The number of fused-ring (bicyclic) bond motifs is 1. The lowest BCUT2D eigenvalue weighted by molar-refractivity contribution is -0.136. The van der Waals surface area contributed by atoms with Crippen LogP contribution in [-0.4, -0.2) is 84.8 Å². The zero-order valence-electron chi connectivity index (χ0n) is 24.6. The first kappa shape index (κ1) is 27.9. The Bertz CT molecular complexity index is 1430. The van der Waals surface area contributed by atoms with Gasteiger partial charge in [-0.15, -0.1) is 0 Å². The highest BCUT2D eigenvalue weighted by Gasteiger charge is 2.45. The topological polar surface area (TPSA) is 119 Å². The first-order valence-corrected chi connectivity index (χ1v) is 15.8. The molecule has 4 amide bonds. The number of nitrogens with zero attached hydrogens (tertiary/aromatic N) is 4. The molecule has 7 rings (SSSR count). The minimum atomic E-state index is -0.941. The fraction of sp³-hybridized carbons (Fsp3) is 0.515. The number of carbonyl (C=O) groups excluding carboxylic acids is 4. The van der Waals surface area contributed by atoms with E-state index in [1.54, 1.807) is 6.07 Å². The number of piperidine rings is 4. The van der Waals surface area contributed by atoms with Crippen molar-refractivity contribution in [3.05, 3.63) is 53.6 Å². The molecule has 0 bridgehead atoms. The molecule has 2 aromatic carbocycles. The van der Waals surface area contributed by atoms with Crippen molar-refractivity contribution >= 4 is 40.7 Å². The number of rotatable bonds is 4. The number of nitrogen functional groups attached to an aromatic ring is 1. The van der Waals surface area contributed by atoms with E-state index in [4.69, 9.17) is 5.73 Å². The molecule has 226 valence electrons. The van der Waals surface area contributed by atoms with Gasteiger partial charge < -0.3 is 20.4 Å². The Morgan fingerprint density at radius 2 is 1.30 bits per heavy atom. The highest BCUT2D eigenvalue weighted by molar-refractivity contribution is 6.23. The first-order valence-electron chi connectivity index (χ1n) is 15.8. The Morgan fingerprint density at radius 1 is 0.698 bits per heavy atom. The Balaban J connectivity index is 0.922. The van der Waals surface area contributed by atoms with Crippen molar-refractivity contribution in [2.75, 3.05) is 54.8 Å². The maximum absolute atomic E-state index is 13.3. The number of hydrogen-bond donors (Lipinski definition) is 2. The van der Waals surface area contributed by atoms with Crippen LogP contribution in [0, 0.1) is 5.41 Å². The molecule has 0 aromatic heterocycles. The standard InChI is InChI=1S/C33H40N6O4/c34-22-1-3-23(4-2-22)37-17-11-33(12-18-37)13-19-38(20-14-33)24-9-15-36(16-10-24)25-5-6-26-27(21-25)32(43)39(31(26)42)28-7-8-29(40)35-30(28)41/h1-6,21,24,28H,7-20,34H2,(H,35,40,41). The number of anilines is 3. The third kappa shape index (κ3) is 5.15. The van der Waals surface area contributed by atoms with Crippen LogP contribution in [0.4, 0.5) is 17.1 Å². The molecule has 5 aliphatic rings. The smallest absolute Gasteiger partial charge is 0.262 e. The van der Waals surface area contributed by atoms with Crippen LogP contribution in [0.3, 0.4) is 0 Å². The molecule has 1 unspecified atom stereocenters. The van der Waals surface area contributed by atoms with Gasteiger partial charge in [0.05, 0.1) is 11.1 Å². The average molecular weight is 585 g/mol. The molecule has 5 aliphatic heterocycles. The molecule has 10 nitrogen and oxygen atoms in total. The quantitative estimate of drug-likeness (QED) is 0.416. The van der Waals surface area contributed by atoms with Crippen molar-refractivity contribution in [1.29, 1.82) is 0 Å². The Hall–Kier alpha value is -3.92. The van der Waals surface area contributed by atoms with Crippen molar-refractivity contribution in [3.63, 3.8) is 0 Å². The molecule has 2 aromatic rings. The summed E-state index contributed by atoms with van der Waals surface area (Å²) >= 11 is 0. The van der Waals surface area contributed by atoms with Gasteiger partial charge in [-0.3, -0.25) is 29.4 Å². The van der Waals surface area contributed by atoms with E-state index < -0.39 is 23.8 Å². The second kappa shape index (κ2) is 11.0. The van der Waals surface area contributed by atoms with E-state index in [0.29, 0.717) is 22.6 Å². The van der Waals surface area contributed by atoms with Gasteiger partial charge in [-0.2, -0.15) is 0 Å². The van der Waals surface area contributed by atoms with Crippen LogP contribution in [0.2, 0.25) is 0 Å². The monoisotopic (exact) mass is 584 g/mol. The second-order valence-electron chi connectivity index (χ2n) is 13.0. The zero-order chi connectivity index (χ0) is 29.7. The third-order valence-electron chi connectivity index (χ3n) is 10.7. The molecule has 43 heavy (non-hydrogen) atoms. The van der Waals surface area contributed by atoms with Crippen LogP contribution >= 0.6 is 0 Å². The summed E-state index contributed by atoms with van der Waals surface area (Å²) in [6.45, 7) is 6.36. The van der Waals surface area contributed by atoms with Crippen molar-refractivity contribution < 1.29 is 19.2 Å². The van der Waals surface area contributed by atoms with Crippen molar-refractivity contribution in [3.8, 4) is 0 Å². The number of nitrogens with one attached hydrogen (secondary N) is 1. The van der Waals surface area contributed by atoms with E-state index in [-0.39, 0.29) is 18.7 Å². The van der Waals surface area contributed by atoms with Gasteiger partial charge in [0.25, 0.3) is 11.8 Å². The Kier molecular flexibility index (Phi) is 7.12. The molecule has 4 fully saturated rings. The Morgan fingerprint density at radius 3 is 1.98 bits per heavy atom. The molecule has 4 saturated heterocycles. The third-order valence-corrected chi connectivity index (χ3v) is 10.7. The van der Waals surface area contributed by atoms with Crippen LogP contribution in [-0.2, 0) is 9.59 Å². The number of benzene rings is 2. The van der Waals surface area contributed by atoms with Crippen molar-refractivity contribution in [2.45, 2.75) is 63.5 Å². The number of amides is 4. The van der Waals surface area contributed by atoms with E-state index in [9.17, 15) is 19.2 Å². The van der Waals surface area contributed by atoms with Gasteiger partial charge in [-0.05, 0) is 106 Å². The molecule has 1 spiro atoms. The molecule has 10 heteroatoms. The molecular weight excluding hydrogens is 544 g/mol. The molecule has 0 saturated carbocycles. The lowest BCUT2D eigenvalue weighted by Gasteiger charge is -2.50. The fourth-order valence-electron chi connectivity index (χ4n) is 7.93. The SMILES string of the molecule is Nc1ccc(N2CCC3(CC2)CCN(C2CCN(c4ccc5c(c4)C(=O)N(C4CCC(=O)NC4=O)C5=O)CC2)CC3)cc1. The molecular formula is C33H40N6O4. The lowest BCUT2D eigenvalue weighted by Crippen LogP contribution is -2.54. The summed E-state index contributed by atoms with van der Waals surface area (Å²) in [4.78, 5) is 58.8. The van der Waals surface area contributed by atoms with Crippen molar-refractivity contribution in [2.24, 2.45) is 5.41 Å². The number of likely N-dealkylation sites (tertiary alicyclic amines) is 1. The average Bonchev–Trinajstić information content (AvgIpc) is 3.27. The summed E-state index contributed by atoms with van der Waals surface area (Å²) in [5.74, 6) is -1.87. The summed E-state index contributed by atoms with van der Waals surface area (Å²) in [5.41, 5.74) is 10.0. The largest absolute Gasteiger partial charge is 0.399 e. The second-order valence-corrected chi connectivity index (χ2v) is 13.0. The van der Waals surface area contributed by atoms with Gasteiger partial charge in [0.2, 0.25) is 11.8 Å². The van der Waals surface area contributed by atoms with Gasteiger partial charge in [-0.1, -0.05) is 0 Å². The first-order chi connectivity index (χ1) is 20.8. The van der Waals surface area contributed by atoms with Gasteiger partial charge in [-0.25, -0.2) is 0 Å². The summed E-state index contributed by atoms with van der Waals surface area (Å²) in [5, 5.41) is 2.25. The number of hydrogen-bond acceptors (Lipinski definition) is 8. The molecule has 0 radical (unpaired) electrons. The maximum Gasteiger partial charge on any atom is 0.262 e. The van der Waals surface area contributed by atoms with Gasteiger partial charge in [0.1, 0.15) is 6.04 Å². The highest BCUT2D eigenvalue weighted by atomic mass is 16.2. The fourth-order valence-corrected chi connectivity index (χ4v) is 7.93. The van der Waals surface area contributed by atoms with Crippen LogP contribution in [0.5, 0.6) is 0 Å². The van der Waals surface area contributed by atoms with Crippen LogP contribution in [0.15, 0.2) is 42.5 Å². The minimum absolute atomic E-state index is 0.116. The zero-order valence-corrected chi connectivity index (χ0v) is 24.6. The van der Waals surface area contributed by atoms with Crippen molar-refractivity contribution in [1.82, 2.24) is 15.1 Å². The number of carbonyl (C=O) groups is 4. The molecule has 0 aliphatic carbocycles. The van der Waals surface area contributed by atoms with E-state index in [2.05, 4.69) is 32.1 Å². The number of nitrogens with two attached hydrogens (primary N) is 1. The maximum atomic E-state index is 13.3. The van der Waals surface area contributed by atoms with E-state index in [1.807, 2.05) is 24.3 Å². The summed E-state index contributed by atoms with van der Waals surface area (Å²) in [6, 6.07) is 13.3. The van der Waals surface area contributed by atoms with Crippen LogP contribution in [0.1, 0.15) is 72.1 Å². The van der Waals surface area contributed by atoms with E-state index in [1.165, 1.54) is 31.4 Å². The van der Waals surface area contributed by atoms with E-state index >= 15 is 0 Å². The van der Waals surface area contributed by atoms with E-state index in [0.717, 1.165) is 68.4 Å². The normalized spacial score (nSPS) is 24.9. The predicted octanol–water partition coefficient (Wildman–Crippen LogP) is 3.02. The van der Waals surface area contributed by atoms with Gasteiger partial charge >= 0.3 is 0 Å². The molecule has 1 atom stereocenters. The van der Waals surface area contributed by atoms with Crippen LogP contribution < -0.4 is 20.9 Å².